The van der Waals surface area contributed by atoms with E-state index >= 15 is 0 Å². The summed E-state index contributed by atoms with van der Waals surface area (Å²) in [6.45, 7) is 4.33. The standard InChI is InChI=1S/C11H18N2S/c1-8-7-14-10(13-8)11(2,12-3)6-9-4-5-9/h7,9,12H,4-6H2,1-3H3. The maximum atomic E-state index is 4.59. The van der Waals surface area contributed by atoms with Gasteiger partial charge in [0.2, 0.25) is 0 Å². The van der Waals surface area contributed by atoms with E-state index in [1.165, 1.54) is 24.3 Å². The predicted octanol–water partition coefficient (Wildman–Crippen LogP) is 2.69. The Morgan fingerprint density at radius 3 is 2.79 bits per heavy atom. The summed E-state index contributed by atoms with van der Waals surface area (Å²) in [6.07, 6.45) is 4.04. The third-order valence-electron chi connectivity index (χ3n) is 3.04. The molecule has 1 aliphatic carbocycles. The van der Waals surface area contributed by atoms with Crippen molar-refractivity contribution in [1.29, 1.82) is 0 Å². The first-order valence-corrected chi connectivity index (χ1v) is 6.13. The molecule has 1 saturated carbocycles. The monoisotopic (exact) mass is 210 g/mol. The molecule has 0 bridgehead atoms. The van der Waals surface area contributed by atoms with Crippen LogP contribution in [-0.2, 0) is 5.54 Å². The zero-order chi connectivity index (χ0) is 10.2. The Morgan fingerprint density at radius 2 is 2.36 bits per heavy atom. The fraction of sp³-hybridized carbons (Fsp3) is 0.727. The summed E-state index contributed by atoms with van der Waals surface area (Å²) in [5.74, 6) is 0.927. The highest BCUT2D eigenvalue weighted by atomic mass is 32.1. The summed E-state index contributed by atoms with van der Waals surface area (Å²) >= 11 is 1.78. The molecule has 1 aromatic heterocycles. The highest BCUT2D eigenvalue weighted by molar-refractivity contribution is 7.09. The van der Waals surface area contributed by atoms with E-state index in [1.54, 1.807) is 11.3 Å². The molecule has 1 heterocycles. The van der Waals surface area contributed by atoms with Crippen molar-refractivity contribution >= 4 is 11.3 Å². The molecule has 1 aromatic rings. The SMILES string of the molecule is CNC(C)(CC1CC1)c1nc(C)cs1. The van der Waals surface area contributed by atoms with Gasteiger partial charge in [-0.05, 0) is 33.2 Å². The Labute approximate surface area is 89.8 Å². The quantitative estimate of drug-likeness (QED) is 0.826. The van der Waals surface area contributed by atoms with Gasteiger partial charge >= 0.3 is 0 Å². The lowest BCUT2D eigenvalue weighted by molar-refractivity contribution is 0.347. The minimum absolute atomic E-state index is 0.0973. The maximum Gasteiger partial charge on any atom is 0.113 e. The van der Waals surface area contributed by atoms with Gasteiger partial charge in [0, 0.05) is 11.1 Å². The van der Waals surface area contributed by atoms with Crippen LogP contribution in [0.4, 0.5) is 0 Å². The van der Waals surface area contributed by atoms with Crippen LogP contribution in [0.2, 0.25) is 0 Å². The van der Waals surface area contributed by atoms with Gasteiger partial charge in [0.25, 0.3) is 0 Å². The van der Waals surface area contributed by atoms with E-state index in [0.29, 0.717) is 0 Å². The summed E-state index contributed by atoms with van der Waals surface area (Å²) in [7, 11) is 2.04. The number of nitrogens with one attached hydrogen (secondary N) is 1. The first kappa shape index (κ1) is 10.1. The molecule has 1 atom stereocenters. The van der Waals surface area contributed by atoms with Gasteiger partial charge in [0.15, 0.2) is 0 Å². The van der Waals surface area contributed by atoms with Crippen molar-refractivity contribution in [3.8, 4) is 0 Å². The Morgan fingerprint density at radius 1 is 1.64 bits per heavy atom. The number of hydrogen-bond donors (Lipinski definition) is 1. The highest BCUT2D eigenvalue weighted by Gasteiger charge is 2.35. The number of thiazole rings is 1. The molecule has 0 aliphatic heterocycles. The minimum Gasteiger partial charge on any atom is -0.309 e. The second-order valence-corrected chi connectivity index (χ2v) is 5.38. The molecular formula is C11H18N2S. The molecule has 0 aromatic carbocycles. The third kappa shape index (κ3) is 1.98. The van der Waals surface area contributed by atoms with Crippen LogP contribution in [0.15, 0.2) is 5.38 Å². The molecule has 14 heavy (non-hydrogen) atoms. The van der Waals surface area contributed by atoms with E-state index in [0.717, 1.165) is 11.6 Å². The lowest BCUT2D eigenvalue weighted by Crippen LogP contribution is -2.37. The van der Waals surface area contributed by atoms with Gasteiger partial charge in [-0.1, -0.05) is 12.8 Å². The molecule has 1 unspecified atom stereocenters. The topological polar surface area (TPSA) is 24.9 Å². The summed E-state index contributed by atoms with van der Waals surface area (Å²) in [5, 5.41) is 6.80. The van der Waals surface area contributed by atoms with Crippen LogP contribution in [0.5, 0.6) is 0 Å². The first-order chi connectivity index (χ1) is 6.64. The van der Waals surface area contributed by atoms with Gasteiger partial charge in [-0.15, -0.1) is 11.3 Å². The normalized spacial score (nSPS) is 20.8. The Bertz CT molecular complexity index is 317. The number of hydrogen-bond acceptors (Lipinski definition) is 3. The van der Waals surface area contributed by atoms with Gasteiger partial charge in [0.1, 0.15) is 5.01 Å². The van der Waals surface area contributed by atoms with E-state index < -0.39 is 0 Å². The lowest BCUT2D eigenvalue weighted by atomic mass is 9.96. The van der Waals surface area contributed by atoms with E-state index in [1.807, 2.05) is 7.05 Å². The van der Waals surface area contributed by atoms with Crippen molar-refractivity contribution in [3.63, 3.8) is 0 Å². The first-order valence-electron chi connectivity index (χ1n) is 5.25. The molecule has 78 valence electrons. The van der Waals surface area contributed by atoms with Crippen molar-refractivity contribution in [2.45, 2.75) is 38.6 Å². The molecule has 3 heteroatoms. The van der Waals surface area contributed by atoms with Crippen molar-refractivity contribution in [3.05, 3.63) is 16.1 Å². The van der Waals surface area contributed by atoms with E-state index in [2.05, 4.69) is 29.5 Å². The van der Waals surface area contributed by atoms with Crippen LogP contribution >= 0.6 is 11.3 Å². The zero-order valence-electron chi connectivity index (χ0n) is 9.13. The third-order valence-corrected chi connectivity index (χ3v) is 4.26. The molecule has 0 amide bonds. The van der Waals surface area contributed by atoms with Crippen LogP contribution in [0.1, 0.15) is 36.9 Å². The molecule has 2 rings (SSSR count). The number of aryl methyl sites for hydroxylation is 1. The molecule has 1 fully saturated rings. The van der Waals surface area contributed by atoms with Crippen molar-refractivity contribution < 1.29 is 0 Å². The second kappa shape index (κ2) is 3.63. The zero-order valence-corrected chi connectivity index (χ0v) is 9.95. The van der Waals surface area contributed by atoms with Crippen molar-refractivity contribution in [2.24, 2.45) is 5.92 Å². The number of aromatic nitrogens is 1. The Hall–Kier alpha value is -0.410. The summed E-state index contributed by atoms with van der Waals surface area (Å²) in [4.78, 5) is 4.59. The van der Waals surface area contributed by atoms with Crippen LogP contribution in [0, 0.1) is 12.8 Å². The lowest BCUT2D eigenvalue weighted by Gasteiger charge is -2.26. The second-order valence-electron chi connectivity index (χ2n) is 4.52. The van der Waals surface area contributed by atoms with Crippen LogP contribution in [-0.4, -0.2) is 12.0 Å². The predicted molar refractivity (Wildman–Crippen MR) is 60.6 cm³/mol. The summed E-state index contributed by atoms with van der Waals surface area (Å²) < 4.78 is 0. The molecule has 0 spiro atoms. The molecule has 0 saturated heterocycles. The van der Waals surface area contributed by atoms with Gasteiger partial charge < -0.3 is 5.32 Å². The molecule has 2 nitrogen and oxygen atoms in total. The van der Waals surface area contributed by atoms with Crippen LogP contribution in [0.3, 0.4) is 0 Å². The Balaban J connectivity index is 2.16. The molecule has 1 aliphatic rings. The highest BCUT2D eigenvalue weighted by Crippen LogP contribution is 2.41. The fourth-order valence-corrected chi connectivity index (χ4v) is 2.78. The largest absolute Gasteiger partial charge is 0.309 e. The average molecular weight is 210 g/mol. The van der Waals surface area contributed by atoms with E-state index in [4.69, 9.17) is 0 Å². The Kier molecular flexibility index (Phi) is 2.62. The van der Waals surface area contributed by atoms with Gasteiger partial charge in [0.05, 0.1) is 5.54 Å². The number of rotatable bonds is 4. The maximum absolute atomic E-state index is 4.59. The van der Waals surface area contributed by atoms with Crippen molar-refractivity contribution in [1.82, 2.24) is 10.3 Å². The van der Waals surface area contributed by atoms with Crippen LogP contribution in [0.25, 0.3) is 0 Å². The summed E-state index contributed by atoms with van der Waals surface area (Å²) in [6, 6.07) is 0. The smallest absolute Gasteiger partial charge is 0.113 e. The average Bonchev–Trinajstić information content (AvgIpc) is 2.85. The molecule has 0 radical (unpaired) electrons. The van der Waals surface area contributed by atoms with Gasteiger partial charge in [-0.25, -0.2) is 4.98 Å². The molecule has 1 N–H and O–H groups in total. The molecular weight excluding hydrogens is 192 g/mol. The van der Waals surface area contributed by atoms with E-state index in [9.17, 15) is 0 Å². The minimum atomic E-state index is 0.0973. The van der Waals surface area contributed by atoms with Crippen LogP contribution < -0.4 is 5.32 Å². The van der Waals surface area contributed by atoms with Crippen molar-refractivity contribution in [2.75, 3.05) is 7.05 Å². The van der Waals surface area contributed by atoms with E-state index in [-0.39, 0.29) is 5.54 Å². The fourth-order valence-electron chi connectivity index (χ4n) is 1.80. The number of nitrogens with zero attached hydrogens (tertiary/aromatic N) is 1. The van der Waals surface area contributed by atoms with Gasteiger partial charge in [-0.3, -0.25) is 0 Å². The summed E-state index contributed by atoms with van der Waals surface area (Å²) in [5.41, 5.74) is 1.24. The van der Waals surface area contributed by atoms with Gasteiger partial charge in [-0.2, -0.15) is 0 Å².